The number of nitrogens with one attached hydrogen (secondary N) is 1. The quantitative estimate of drug-likeness (QED) is 0.820. The highest BCUT2D eigenvalue weighted by molar-refractivity contribution is 9.10. The summed E-state index contributed by atoms with van der Waals surface area (Å²) in [5.74, 6) is -0.359. The van der Waals surface area contributed by atoms with Crippen LogP contribution in [0.15, 0.2) is 40.9 Å². The van der Waals surface area contributed by atoms with Gasteiger partial charge in [-0.05, 0) is 46.3 Å². The fourth-order valence-corrected chi connectivity index (χ4v) is 2.18. The maximum atomic E-state index is 12.2. The van der Waals surface area contributed by atoms with Gasteiger partial charge >= 0.3 is 0 Å². The Labute approximate surface area is 129 Å². The number of rotatable bonds is 2. The minimum Gasteiger partial charge on any atom is -0.398 e. The van der Waals surface area contributed by atoms with E-state index in [4.69, 9.17) is 16.3 Å². The normalized spacial score (nSPS) is 9.48. The highest BCUT2D eigenvalue weighted by Gasteiger charge is 2.12. The number of nitrogens with two attached hydrogens (primary N) is 1. The van der Waals surface area contributed by atoms with E-state index < -0.39 is 0 Å². The lowest BCUT2D eigenvalue weighted by Crippen LogP contribution is -2.13. The zero-order valence-electron chi connectivity index (χ0n) is 10.7. The lowest BCUT2D eigenvalue weighted by atomic mass is 10.1. The van der Waals surface area contributed by atoms with Crippen molar-refractivity contribution < 1.29 is 4.79 Å². The van der Waals surface area contributed by atoms with Gasteiger partial charge in [0, 0.05) is 11.4 Å². The molecule has 102 valence electrons. The van der Waals surface area contributed by atoms with Gasteiger partial charge in [0.15, 0.2) is 0 Å². The summed E-state index contributed by atoms with van der Waals surface area (Å²) in [5, 5.41) is 20.5. The number of carbonyl (C=O) groups excluding carboxylic acids is 1. The summed E-state index contributed by atoms with van der Waals surface area (Å²) in [5.41, 5.74) is 7.48. The van der Waals surface area contributed by atoms with Crippen LogP contribution in [0.25, 0.3) is 0 Å². The van der Waals surface area contributed by atoms with Gasteiger partial charge in [0.05, 0.1) is 21.2 Å². The van der Waals surface area contributed by atoms with Gasteiger partial charge < -0.3 is 11.1 Å². The van der Waals surface area contributed by atoms with E-state index in [9.17, 15) is 4.79 Å². The van der Waals surface area contributed by atoms with Crippen LogP contribution in [0.3, 0.4) is 0 Å². The van der Waals surface area contributed by atoms with E-state index in [1.807, 2.05) is 12.1 Å². The number of nitrogens with zero attached hydrogens (tertiary/aromatic N) is 2. The molecule has 0 fully saturated rings. The minimum absolute atomic E-state index is 0.210. The molecule has 3 N–H and O–H groups in total. The zero-order chi connectivity index (χ0) is 15.4. The Morgan fingerprint density at radius 1 is 1.14 bits per heavy atom. The number of benzene rings is 2. The summed E-state index contributed by atoms with van der Waals surface area (Å²) in [7, 11) is 0. The molecule has 0 bridgehead atoms. The molecule has 6 heteroatoms. The molecule has 0 aliphatic carbocycles. The molecular weight excluding hydrogens is 332 g/mol. The molecule has 0 aliphatic heterocycles. The number of nitrogen functional groups attached to an aromatic ring is 1. The molecule has 0 spiro atoms. The van der Waals surface area contributed by atoms with Crippen LogP contribution in [0, 0.1) is 22.7 Å². The van der Waals surface area contributed by atoms with Crippen LogP contribution >= 0.6 is 15.9 Å². The molecule has 0 atom stereocenters. The summed E-state index contributed by atoms with van der Waals surface area (Å²) in [6.07, 6.45) is 0. The summed E-state index contributed by atoms with van der Waals surface area (Å²) in [6, 6.07) is 13.3. The van der Waals surface area contributed by atoms with E-state index in [0.29, 0.717) is 21.4 Å². The molecule has 5 nitrogen and oxygen atoms in total. The van der Waals surface area contributed by atoms with E-state index in [0.717, 1.165) is 0 Å². The average molecular weight is 341 g/mol. The molecular formula is C15H9BrN4O. The Balaban J connectivity index is 2.31. The fourth-order valence-electron chi connectivity index (χ4n) is 1.74. The zero-order valence-corrected chi connectivity index (χ0v) is 12.3. The Morgan fingerprint density at radius 2 is 1.86 bits per heavy atom. The van der Waals surface area contributed by atoms with E-state index >= 15 is 0 Å². The van der Waals surface area contributed by atoms with Crippen molar-refractivity contribution in [2.45, 2.75) is 0 Å². The molecule has 2 rings (SSSR count). The van der Waals surface area contributed by atoms with Crippen LogP contribution in [-0.4, -0.2) is 5.91 Å². The molecule has 1 amide bonds. The number of halogens is 1. The topological polar surface area (TPSA) is 103 Å². The number of hydrogen-bond acceptors (Lipinski definition) is 4. The lowest BCUT2D eigenvalue weighted by Gasteiger charge is -2.09. The first-order valence-corrected chi connectivity index (χ1v) is 6.65. The van der Waals surface area contributed by atoms with Gasteiger partial charge in [-0.15, -0.1) is 0 Å². The number of carbonyl (C=O) groups is 1. The van der Waals surface area contributed by atoms with Crippen molar-refractivity contribution in [1.82, 2.24) is 0 Å². The SMILES string of the molecule is N#Cc1ccc(NC(=O)c2cccc(N)c2Br)cc1C#N. The molecule has 0 aliphatic rings. The van der Waals surface area contributed by atoms with Gasteiger partial charge in [-0.25, -0.2) is 0 Å². The number of hydrogen-bond donors (Lipinski definition) is 2. The van der Waals surface area contributed by atoms with Crippen molar-refractivity contribution in [3.8, 4) is 12.1 Å². The lowest BCUT2D eigenvalue weighted by molar-refractivity contribution is 0.102. The van der Waals surface area contributed by atoms with Crippen LogP contribution in [0.4, 0.5) is 11.4 Å². The second-order valence-electron chi connectivity index (χ2n) is 4.15. The van der Waals surface area contributed by atoms with Crippen molar-refractivity contribution in [3.05, 3.63) is 57.6 Å². The minimum atomic E-state index is -0.359. The standard InChI is InChI=1S/C15H9BrN4O/c16-14-12(2-1-3-13(14)19)15(21)20-11-5-4-9(7-17)10(6-11)8-18/h1-6H,19H2,(H,20,21). The molecule has 0 unspecified atom stereocenters. The van der Waals surface area contributed by atoms with E-state index in [1.54, 1.807) is 24.3 Å². The molecule has 21 heavy (non-hydrogen) atoms. The Hall–Kier alpha value is -2.83. The van der Waals surface area contributed by atoms with Crippen molar-refractivity contribution in [3.63, 3.8) is 0 Å². The summed E-state index contributed by atoms with van der Waals surface area (Å²) < 4.78 is 0.511. The largest absolute Gasteiger partial charge is 0.398 e. The Morgan fingerprint density at radius 3 is 2.52 bits per heavy atom. The summed E-state index contributed by atoms with van der Waals surface area (Å²) in [6.45, 7) is 0. The predicted octanol–water partition coefficient (Wildman–Crippen LogP) is 3.03. The van der Waals surface area contributed by atoms with Crippen LogP contribution in [0.2, 0.25) is 0 Å². The summed E-state index contributed by atoms with van der Waals surface area (Å²) >= 11 is 3.26. The predicted molar refractivity (Wildman–Crippen MR) is 82.4 cm³/mol. The number of amides is 1. The Bertz CT molecular complexity index is 802. The van der Waals surface area contributed by atoms with Gasteiger partial charge in [-0.1, -0.05) is 6.07 Å². The third kappa shape index (κ3) is 3.02. The molecule has 2 aromatic carbocycles. The highest BCUT2D eigenvalue weighted by Crippen LogP contribution is 2.25. The molecule has 2 aromatic rings. The van der Waals surface area contributed by atoms with Crippen molar-refractivity contribution in [1.29, 1.82) is 10.5 Å². The maximum absolute atomic E-state index is 12.2. The molecule has 0 saturated carbocycles. The first-order valence-electron chi connectivity index (χ1n) is 5.86. The Kier molecular flexibility index (Phi) is 4.22. The first kappa shape index (κ1) is 14.6. The molecule has 0 saturated heterocycles. The second kappa shape index (κ2) is 6.08. The number of nitriles is 2. The number of anilines is 2. The van der Waals surface area contributed by atoms with Gasteiger partial charge in [0.2, 0.25) is 0 Å². The van der Waals surface area contributed by atoms with Gasteiger partial charge in [0.1, 0.15) is 12.1 Å². The van der Waals surface area contributed by atoms with Crippen LogP contribution < -0.4 is 11.1 Å². The third-order valence-electron chi connectivity index (χ3n) is 2.79. The van der Waals surface area contributed by atoms with Crippen LogP contribution in [0.1, 0.15) is 21.5 Å². The van der Waals surface area contributed by atoms with Crippen LogP contribution in [0.5, 0.6) is 0 Å². The van der Waals surface area contributed by atoms with Crippen molar-refractivity contribution >= 4 is 33.2 Å². The molecule has 0 aromatic heterocycles. The van der Waals surface area contributed by atoms with Gasteiger partial charge in [0.25, 0.3) is 5.91 Å². The second-order valence-corrected chi connectivity index (χ2v) is 4.94. The third-order valence-corrected chi connectivity index (χ3v) is 3.68. The fraction of sp³-hybridized carbons (Fsp3) is 0. The van der Waals surface area contributed by atoms with Gasteiger partial charge in [-0.2, -0.15) is 10.5 Å². The van der Waals surface area contributed by atoms with Gasteiger partial charge in [-0.3, -0.25) is 4.79 Å². The van der Waals surface area contributed by atoms with Crippen molar-refractivity contribution in [2.24, 2.45) is 0 Å². The van der Waals surface area contributed by atoms with Crippen LogP contribution in [-0.2, 0) is 0 Å². The van der Waals surface area contributed by atoms with Crippen molar-refractivity contribution in [2.75, 3.05) is 11.1 Å². The smallest absolute Gasteiger partial charge is 0.256 e. The maximum Gasteiger partial charge on any atom is 0.256 e. The highest BCUT2D eigenvalue weighted by atomic mass is 79.9. The average Bonchev–Trinajstić information content (AvgIpc) is 2.49. The van der Waals surface area contributed by atoms with E-state index in [2.05, 4.69) is 21.2 Å². The molecule has 0 radical (unpaired) electrons. The summed E-state index contributed by atoms with van der Waals surface area (Å²) in [4.78, 5) is 12.2. The monoisotopic (exact) mass is 340 g/mol. The van der Waals surface area contributed by atoms with E-state index in [1.165, 1.54) is 12.1 Å². The van der Waals surface area contributed by atoms with E-state index in [-0.39, 0.29) is 17.0 Å². The first-order chi connectivity index (χ1) is 10.1. The molecule has 0 heterocycles.